The second-order valence-electron chi connectivity index (χ2n) is 5.66. The first-order valence-electron chi connectivity index (χ1n) is 7.72. The summed E-state index contributed by atoms with van der Waals surface area (Å²) in [6.45, 7) is 3.06. The van der Waals surface area contributed by atoms with E-state index in [0.29, 0.717) is 18.7 Å². The summed E-state index contributed by atoms with van der Waals surface area (Å²) in [5.41, 5.74) is 3.89. The molecular weight excluding hydrogens is 307 g/mol. The van der Waals surface area contributed by atoms with E-state index in [0.717, 1.165) is 16.8 Å². The van der Waals surface area contributed by atoms with Crippen LogP contribution in [0.4, 0.5) is 4.39 Å². The Labute approximate surface area is 139 Å². The minimum atomic E-state index is -0.666. The number of aliphatic hydroxyl groups excluding tert-OH is 1. The van der Waals surface area contributed by atoms with Crippen LogP contribution in [0.1, 0.15) is 22.8 Å². The van der Waals surface area contributed by atoms with Gasteiger partial charge in [-0.1, -0.05) is 24.3 Å². The Kier molecular flexibility index (Phi) is 4.98. The van der Waals surface area contributed by atoms with E-state index in [2.05, 4.69) is 21.5 Å². The normalized spacial score (nSPS) is 12.3. The highest BCUT2D eigenvalue weighted by molar-refractivity contribution is 5.41. The first-order chi connectivity index (χ1) is 11.6. The molecular formula is C18H19FN4O. The first-order valence-corrected chi connectivity index (χ1v) is 7.72. The van der Waals surface area contributed by atoms with Gasteiger partial charge in [-0.25, -0.2) is 14.1 Å². The lowest BCUT2D eigenvalue weighted by Crippen LogP contribution is -2.21. The average molecular weight is 326 g/mol. The van der Waals surface area contributed by atoms with E-state index < -0.39 is 6.10 Å². The maximum atomic E-state index is 12.9. The van der Waals surface area contributed by atoms with Crippen molar-refractivity contribution in [3.63, 3.8) is 0 Å². The second-order valence-corrected chi connectivity index (χ2v) is 5.66. The van der Waals surface area contributed by atoms with Crippen molar-refractivity contribution in [2.75, 3.05) is 6.54 Å². The lowest BCUT2D eigenvalue weighted by molar-refractivity contribution is 0.174. The van der Waals surface area contributed by atoms with E-state index in [-0.39, 0.29) is 5.82 Å². The van der Waals surface area contributed by atoms with E-state index >= 15 is 0 Å². The molecule has 0 saturated carbocycles. The fraction of sp³-hybridized carbons (Fsp3) is 0.222. The maximum absolute atomic E-state index is 12.9. The molecule has 1 unspecified atom stereocenters. The van der Waals surface area contributed by atoms with Crippen LogP contribution in [-0.2, 0) is 6.54 Å². The minimum Gasteiger partial charge on any atom is -0.387 e. The molecule has 2 N–H and O–H groups in total. The van der Waals surface area contributed by atoms with Gasteiger partial charge in [-0.05, 0) is 41.8 Å². The Morgan fingerprint density at radius 1 is 1.21 bits per heavy atom. The summed E-state index contributed by atoms with van der Waals surface area (Å²) in [4.78, 5) is 3.95. The van der Waals surface area contributed by atoms with Gasteiger partial charge in [0.25, 0.3) is 0 Å². The smallest absolute Gasteiger partial charge is 0.138 e. The van der Waals surface area contributed by atoms with Crippen molar-refractivity contribution in [1.29, 1.82) is 0 Å². The van der Waals surface area contributed by atoms with Crippen LogP contribution in [-0.4, -0.2) is 26.4 Å². The van der Waals surface area contributed by atoms with Gasteiger partial charge in [-0.2, -0.15) is 5.10 Å². The lowest BCUT2D eigenvalue weighted by Gasteiger charge is -2.13. The highest BCUT2D eigenvalue weighted by Crippen LogP contribution is 2.15. The van der Waals surface area contributed by atoms with E-state index in [1.165, 1.54) is 18.5 Å². The van der Waals surface area contributed by atoms with Crippen molar-refractivity contribution in [2.24, 2.45) is 0 Å². The molecule has 5 nitrogen and oxygen atoms in total. The van der Waals surface area contributed by atoms with E-state index in [9.17, 15) is 9.50 Å². The fourth-order valence-electron chi connectivity index (χ4n) is 2.57. The summed E-state index contributed by atoms with van der Waals surface area (Å²) in [5.74, 6) is -0.304. The number of aryl methyl sites for hydroxylation is 1. The van der Waals surface area contributed by atoms with Crippen molar-refractivity contribution in [3.8, 4) is 5.69 Å². The van der Waals surface area contributed by atoms with Crippen LogP contribution in [0, 0.1) is 12.7 Å². The van der Waals surface area contributed by atoms with Crippen LogP contribution >= 0.6 is 0 Å². The summed E-state index contributed by atoms with van der Waals surface area (Å²) in [6.07, 6.45) is 2.51. The Bertz CT molecular complexity index is 787. The van der Waals surface area contributed by atoms with Crippen LogP contribution in [0.3, 0.4) is 0 Å². The van der Waals surface area contributed by atoms with Crippen LogP contribution in [0.15, 0.2) is 55.1 Å². The number of rotatable bonds is 6. The topological polar surface area (TPSA) is 63.0 Å². The Balaban J connectivity index is 1.57. The molecule has 1 aromatic heterocycles. The zero-order chi connectivity index (χ0) is 16.9. The largest absolute Gasteiger partial charge is 0.387 e. The molecule has 0 saturated heterocycles. The zero-order valence-corrected chi connectivity index (χ0v) is 13.4. The molecule has 0 bridgehead atoms. The van der Waals surface area contributed by atoms with E-state index in [4.69, 9.17) is 0 Å². The number of nitrogens with zero attached hydrogens (tertiary/aromatic N) is 3. The molecule has 1 heterocycles. The summed E-state index contributed by atoms with van der Waals surface area (Å²) in [6, 6.07) is 12.0. The molecule has 0 spiro atoms. The molecule has 1 atom stereocenters. The monoisotopic (exact) mass is 326 g/mol. The predicted molar refractivity (Wildman–Crippen MR) is 89.2 cm³/mol. The van der Waals surface area contributed by atoms with Gasteiger partial charge < -0.3 is 10.4 Å². The number of hydrogen-bond acceptors (Lipinski definition) is 4. The van der Waals surface area contributed by atoms with Crippen molar-refractivity contribution < 1.29 is 9.50 Å². The summed E-state index contributed by atoms with van der Waals surface area (Å²) in [7, 11) is 0. The highest BCUT2D eigenvalue weighted by Gasteiger charge is 2.08. The first kappa shape index (κ1) is 16.3. The summed E-state index contributed by atoms with van der Waals surface area (Å²) < 4.78 is 14.6. The van der Waals surface area contributed by atoms with E-state index in [1.54, 1.807) is 23.1 Å². The van der Waals surface area contributed by atoms with E-state index in [1.807, 2.05) is 19.1 Å². The van der Waals surface area contributed by atoms with Gasteiger partial charge in [0.1, 0.15) is 18.5 Å². The second kappa shape index (κ2) is 7.33. The van der Waals surface area contributed by atoms with Gasteiger partial charge in [0, 0.05) is 13.1 Å². The van der Waals surface area contributed by atoms with Crippen LogP contribution in [0.5, 0.6) is 0 Å². The number of benzene rings is 2. The van der Waals surface area contributed by atoms with Gasteiger partial charge in [-0.3, -0.25) is 0 Å². The Morgan fingerprint density at radius 2 is 2.00 bits per heavy atom. The molecule has 0 radical (unpaired) electrons. The van der Waals surface area contributed by atoms with Gasteiger partial charge in [0.15, 0.2) is 0 Å². The number of hydrogen-bond donors (Lipinski definition) is 2. The third-order valence-electron chi connectivity index (χ3n) is 3.85. The molecule has 0 aliphatic heterocycles. The molecule has 24 heavy (non-hydrogen) atoms. The average Bonchev–Trinajstić information content (AvgIpc) is 3.10. The third kappa shape index (κ3) is 3.84. The molecule has 3 aromatic rings. The number of halogens is 1. The van der Waals surface area contributed by atoms with Crippen LogP contribution < -0.4 is 5.32 Å². The van der Waals surface area contributed by atoms with Crippen LogP contribution in [0.25, 0.3) is 5.69 Å². The van der Waals surface area contributed by atoms with Crippen molar-refractivity contribution >= 4 is 0 Å². The molecule has 2 aromatic carbocycles. The molecule has 3 rings (SSSR count). The molecule has 0 amide bonds. The SMILES string of the molecule is Cc1cc(CNCC(O)c2ccc(F)cc2)ccc1-n1cncn1. The minimum absolute atomic E-state index is 0.304. The van der Waals surface area contributed by atoms with Gasteiger partial charge >= 0.3 is 0 Å². The lowest BCUT2D eigenvalue weighted by atomic mass is 10.1. The zero-order valence-electron chi connectivity index (χ0n) is 13.4. The Hall–Kier alpha value is -2.57. The highest BCUT2D eigenvalue weighted by atomic mass is 19.1. The van der Waals surface area contributed by atoms with Gasteiger partial charge in [0.05, 0.1) is 11.8 Å². The maximum Gasteiger partial charge on any atom is 0.138 e. The molecule has 0 aliphatic carbocycles. The predicted octanol–water partition coefficient (Wildman–Crippen LogP) is 2.54. The quantitative estimate of drug-likeness (QED) is 0.731. The van der Waals surface area contributed by atoms with Crippen molar-refractivity contribution in [3.05, 3.63) is 77.6 Å². The van der Waals surface area contributed by atoms with Gasteiger partial charge in [0.2, 0.25) is 0 Å². The number of aliphatic hydroxyl groups is 1. The van der Waals surface area contributed by atoms with Crippen LogP contribution in [0.2, 0.25) is 0 Å². The molecule has 0 aliphatic rings. The van der Waals surface area contributed by atoms with Gasteiger partial charge in [-0.15, -0.1) is 0 Å². The molecule has 124 valence electrons. The third-order valence-corrected chi connectivity index (χ3v) is 3.85. The number of aromatic nitrogens is 3. The van der Waals surface area contributed by atoms with Crippen molar-refractivity contribution in [2.45, 2.75) is 19.6 Å². The summed E-state index contributed by atoms with van der Waals surface area (Å²) >= 11 is 0. The standard InChI is InChI=1S/C18H19FN4O/c1-13-8-14(2-7-17(13)23-12-21-11-22-23)9-20-10-18(24)15-3-5-16(19)6-4-15/h2-8,11-12,18,20,24H,9-10H2,1H3. The summed E-state index contributed by atoms with van der Waals surface area (Å²) in [5, 5.41) is 17.5. The van der Waals surface area contributed by atoms with Crippen molar-refractivity contribution in [1.82, 2.24) is 20.1 Å². The Morgan fingerprint density at radius 3 is 2.67 bits per heavy atom. The fourth-order valence-corrected chi connectivity index (χ4v) is 2.57. The molecule has 0 fully saturated rings. The molecule has 6 heteroatoms. The number of nitrogens with one attached hydrogen (secondary N) is 1.